The molecule has 168 valence electrons. The van der Waals surface area contributed by atoms with Crippen LogP contribution in [-0.2, 0) is 9.47 Å². The molecule has 1 aromatic heterocycles. The Labute approximate surface area is 185 Å². The molecular weight excluding hydrogens is 422 g/mol. The summed E-state index contributed by atoms with van der Waals surface area (Å²) in [5.74, 6) is -0.900. The van der Waals surface area contributed by atoms with Crippen molar-refractivity contribution < 1.29 is 33.3 Å². The van der Waals surface area contributed by atoms with Gasteiger partial charge in [0.1, 0.15) is 27.0 Å². The van der Waals surface area contributed by atoms with Crippen molar-refractivity contribution >= 4 is 34.2 Å². The first-order chi connectivity index (χ1) is 14.5. The molecule has 1 N–H and O–H groups in total. The first-order valence-electron chi connectivity index (χ1n) is 9.59. The van der Waals surface area contributed by atoms with Crippen LogP contribution in [0.3, 0.4) is 0 Å². The molecule has 0 saturated heterocycles. The van der Waals surface area contributed by atoms with E-state index in [1.165, 1.54) is 14.2 Å². The van der Waals surface area contributed by atoms with Crippen molar-refractivity contribution in [1.29, 1.82) is 0 Å². The highest BCUT2D eigenvalue weighted by Gasteiger charge is 2.30. The summed E-state index contributed by atoms with van der Waals surface area (Å²) in [6.07, 6.45) is 0. The summed E-state index contributed by atoms with van der Waals surface area (Å²) in [5, 5.41) is 2.90. The number of hydrogen-bond donors (Lipinski definition) is 1. The summed E-state index contributed by atoms with van der Waals surface area (Å²) in [4.78, 5) is 38.4. The van der Waals surface area contributed by atoms with Gasteiger partial charge in [-0.3, -0.25) is 4.79 Å². The third-order valence-electron chi connectivity index (χ3n) is 4.09. The lowest BCUT2D eigenvalue weighted by atomic mass is 10.1. The maximum Gasteiger partial charge on any atom is 0.349 e. The molecule has 8 nitrogen and oxygen atoms in total. The zero-order valence-electron chi connectivity index (χ0n) is 18.7. The smallest absolute Gasteiger partial charge is 0.349 e. The number of nitrogens with one attached hydrogen (secondary N) is 1. The Hall–Kier alpha value is -3.07. The number of rotatable bonds is 7. The van der Waals surface area contributed by atoms with E-state index in [-0.39, 0.29) is 27.6 Å². The molecule has 0 aliphatic carbocycles. The fraction of sp³-hybridized carbons (Fsp3) is 0.409. The molecule has 0 radical (unpaired) electrons. The van der Waals surface area contributed by atoms with Gasteiger partial charge in [0.25, 0.3) is 5.91 Å². The Morgan fingerprint density at radius 2 is 1.74 bits per heavy atom. The summed E-state index contributed by atoms with van der Waals surface area (Å²) in [6.45, 7) is 8.69. The zero-order chi connectivity index (χ0) is 23.3. The Kier molecular flexibility index (Phi) is 7.67. The monoisotopic (exact) mass is 449 g/mol. The molecular formula is C22H27NO7S. The maximum absolute atomic E-state index is 13.0. The maximum atomic E-state index is 13.0. The van der Waals surface area contributed by atoms with Crippen LogP contribution in [0, 0.1) is 6.92 Å². The number of hydrogen-bond acceptors (Lipinski definition) is 8. The fourth-order valence-electron chi connectivity index (χ4n) is 2.73. The molecule has 0 unspecified atom stereocenters. The molecule has 0 saturated carbocycles. The number of ether oxygens (including phenoxy) is 4. The first-order valence-corrected chi connectivity index (χ1v) is 10.4. The summed E-state index contributed by atoms with van der Waals surface area (Å²) >= 11 is 0.960. The van der Waals surface area contributed by atoms with Crippen LogP contribution >= 0.6 is 11.3 Å². The molecule has 1 aromatic carbocycles. The van der Waals surface area contributed by atoms with Gasteiger partial charge in [-0.15, -0.1) is 11.3 Å². The molecule has 31 heavy (non-hydrogen) atoms. The number of amides is 1. The van der Waals surface area contributed by atoms with E-state index in [1.807, 2.05) is 0 Å². The summed E-state index contributed by atoms with van der Waals surface area (Å²) in [6, 6.07) is 4.74. The van der Waals surface area contributed by atoms with Gasteiger partial charge in [-0.05, 0) is 52.3 Å². The molecule has 2 rings (SSSR count). The summed E-state index contributed by atoms with van der Waals surface area (Å²) in [5.41, 5.74) is 0.0310. The van der Waals surface area contributed by atoms with Crippen LogP contribution in [0.4, 0.5) is 5.00 Å². The molecule has 2 aromatic rings. The second-order valence-electron chi connectivity index (χ2n) is 7.50. The van der Waals surface area contributed by atoms with Crippen LogP contribution in [0.25, 0.3) is 0 Å². The quantitative estimate of drug-likeness (QED) is 0.623. The minimum atomic E-state index is -0.711. The fourth-order valence-corrected chi connectivity index (χ4v) is 3.79. The van der Waals surface area contributed by atoms with Gasteiger partial charge in [0.05, 0.1) is 32.0 Å². The minimum Gasteiger partial charge on any atom is -0.497 e. The molecule has 0 fully saturated rings. The number of carbonyl (C=O) groups is 3. The third kappa shape index (κ3) is 5.75. The standard InChI is InChI=1S/C22H27NO7S/c1-8-29-20(25)16-12(2)17(21(26)30-22(3,4)5)31-19(16)23-18(24)14-10-9-13(27-6)11-15(14)28-7/h9-11H,8H2,1-7H3,(H,23,24). The van der Waals surface area contributed by atoms with Gasteiger partial charge < -0.3 is 24.3 Å². The van der Waals surface area contributed by atoms with Crippen LogP contribution in [0.1, 0.15) is 63.6 Å². The van der Waals surface area contributed by atoms with Crippen LogP contribution in [0.2, 0.25) is 0 Å². The van der Waals surface area contributed by atoms with Gasteiger partial charge in [0, 0.05) is 6.07 Å². The first kappa shape index (κ1) is 24.2. The van der Waals surface area contributed by atoms with Crippen molar-refractivity contribution in [2.75, 3.05) is 26.1 Å². The van der Waals surface area contributed by atoms with Crippen LogP contribution in [0.15, 0.2) is 18.2 Å². The van der Waals surface area contributed by atoms with Crippen LogP contribution in [0.5, 0.6) is 11.5 Å². The Morgan fingerprint density at radius 3 is 2.29 bits per heavy atom. The van der Waals surface area contributed by atoms with Gasteiger partial charge in [-0.1, -0.05) is 0 Å². The topological polar surface area (TPSA) is 100 Å². The third-order valence-corrected chi connectivity index (χ3v) is 5.28. The van der Waals surface area contributed by atoms with Crippen molar-refractivity contribution in [3.63, 3.8) is 0 Å². The van der Waals surface area contributed by atoms with E-state index in [0.29, 0.717) is 17.1 Å². The molecule has 9 heteroatoms. The number of esters is 2. The van der Waals surface area contributed by atoms with Gasteiger partial charge in [-0.25, -0.2) is 9.59 Å². The van der Waals surface area contributed by atoms with Crippen LogP contribution in [-0.4, -0.2) is 44.3 Å². The van der Waals surface area contributed by atoms with Crippen molar-refractivity contribution in [2.45, 2.75) is 40.2 Å². The van der Waals surface area contributed by atoms with Gasteiger partial charge in [0.2, 0.25) is 0 Å². The SMILES string of the molecule is CCOC(=O)c1c(NC(=O)c2ccc(OC)cc2OC)sc(C(=O)OC(C)(C)C)c1C. The Balaban J connectivity index is 2.47. The summed E-state index contributed by atoms with van der Waals surface area (Å²) < 4.78 is 21.0. The highest BCUT2D eigenvalue weighted by molar-refractivity contribution is 7.18. The van der Waals surface area contributed by atoms with E-state index in [9.17, 15) is 14.4 Å². The van der Waals surface area contributed by atoms with Crippen LogP contribution < -0.4 is 14.8 Å². The normalized spacial score (nSPS) is 10.9. The van der Waals surface area contributed by atoms with E-state index < -0.39 is 23.4 Å². The average molecular weight is 450 g/mol. The second kappa shape index (κ2) is 9.82. The lowest BCUT2D eigenvalue weighted by molar-refractivity contribution is 0.00744. The van der Waals surface area contributed by atoms with E-state index in [0.717, 1.165) is 11.3 Å². The number of benzene rings is 1. The highest BCUT2D eigenvalue weighted by Crippen LogP contribution is 2.36. The molecule has 0 bridgehead atoms. The zero-order valence-corrected chi connectivity index (χ0v) is 19.5. The predicted octanol–water partition coefficient (Wildman–Crippen LogP) is 4.46. The van der Waals surface area contributed by atoms with E-state index in [1.54, 1.807) is 52.8 Å². The molecule has 0 atom stereocenters. The van der Waals surface area contributed by atoms with Crippen molar-refractivity contribution in [2.24, 2.45) is 0 Å². The highest BCUT2D eigenvalue weighted by atomic mass is 32.1. The minimum absolute atomic E-state index is 0.119. The van der Waals surface area contributed by atoms with Crippen molar-refractivity contribution in [3.05, 3.63) is 39.8 Å². The van der Waals surface area contributed by atoms with Crippen molar-refractivity contribution in [3.8, 4) is 11.5 Å². The predicted molar refractivity (Wildman–Crippen MR) is 118 cm³/mol. The number of anilines is 1. The molecule has 1 amide bonds. The Morgan fingerprint density at radius 1 is 1.06 bits per heavy atom. The van der Waals surface area contributed by atoms with E-state index in [2.05, 4.69) is 5.32 Å². The molecule has 0 spiro atoms. The van der Waals surface area contributed by atoms with Gasteiger partial charge in [0.15, 0.2) is 0 Å². The van der Waals surface area contributed by atoms with Crippen molar-refractivity contribution in [1.82, 2.24) is 0 Å². The average Bonchev–Trinajstić information content (AvgIpc) is 3.02. The number of thiophene rings is 1. The molecule has 0 aliphatic heterocycles. The van der Waals surface area contributed by atoms with Gasteiger partial charge in [-0.2, -0.15) is 0 Å². The lowest BCUT2D eigenvalue weighted by Gasteiger charge is -2.19. The molecule has 0 aliphatic rings. The number of methoxy groups -OCH3 is 2. The Bertz CT molecular complexity index is 988. The second-order valence-corrected chi connectivity index (χ2v) is 8.52. The summed E-state index contributed by atoms with van der Waals surface area (Å²) in [7, 11) is 2.94. The van der Waals surface area contributed by atoms with Gasteiger partial charge >= 0.3 is 11.9 Å². The molecule has 1 heterocycles. The van der Waals surface area contributed by atoms with E-state index >= 15 is 0 Å². The lowest BCUT2D eigenvalue weighted by Crippen LogP contribution is -2.23. The van der Waals surface area contributed by atoms with E-state index in [4.69, 9.17) is 18.9 Å². The number of carbonyl (C=O) groups excluding carboxylic acids is 3. The largest absolute Gasteiger partial charge is 0.497 e.